The number of urea groups is 1. The van der Waals surface area contributed by atoms with Crippen LogP contribution in [0.15, 0.2) is 18.2 Å². The Labute approximate surface area is 177 Å². The number of amides is 4. The lowest BCUT2D eigenvalue weighted by Crippen LogP contribution is -2.43. The van der Waals surface area contributed by atoms with Gasteiger partial charge in [-0.15, -0.1) is 0 Å². The molecule has 1 fully saturated rings. The maximum Gasteiger partial charge on any atom is 0.315 e. The first kappa shape index (κ1) is 23.0. The average molecular weight is 423 g/mol. The van der Waals surface area contributed by atoms with Gasteiger partial charge in [0.05, 0.1) is 10.7 Å². The van der Waals surface area contributed by atoms with Crippen LogP contribution in [-0.4, -0.2) is 30.4 Å². The third-order valence-corrected chi connectivity index (χ3v) is 5.18. The van der Waals surface area contributed by atoms with Crippen molar-refractivity contribution in [1.82, 2.24) is 10.6 Å². The van der Waals surface area contributed by atoms with Crippen LogP contribution in [0.4, 0.5) is 16.2 Å². The smallest absolute Gasteiger partial charge is 0.315 e. The van der Waals surface area contributed by atoms with Crippen molar-refractivity contribution in [2.45, 2.75) is 70.8 Å². The maximum atomic E-state index is 12.1. The molecule has 0 bridgehead atoms. The molecule has 1 aliphatic carbocycles. The fraction of sp³-hybridized carbons (Fsp3) is 0.571. The SMILES string of the molecule is CC(=O)Nc1ccc(NC(=O)CCCCCNC(=O)NC2CCCCC2)c(Cl)c1. The van der Waals surface area contributed by atoms with Crippen molar-refractivity contribution >= 4 is 40.8 Å². The van der Waals surface area contributed by atoms with Crippen LogP contribution in [0.2, 0.25) is 5.02 Å². The summed E-state index contributed by atoms with van der Waals surface area (Å²) in [5.41, 5.74) is 1.10. The van der Waals surface area contributed by atoms with E-state index in [1.165, 1.54) is 26.2 Å². The summed E-state index contributed by atoms with van der Waals surface area (Å²) in [7, 11) is 0. The van der Waals surface area contributed by atoms with Gasteiger partial charge in [0.25, 0.3) is 0 Å². The number of carbonyl (C=O) groups excluding carboxylic acids is 3. The van der Waals surface area contributed by atoms with Gasteiger partial charge in [0.1, 0.15) is 0 Å². The first-order chi connectivity index (χ1) is 13.9. The third kappa shape index (κ3) is 9.17. The summed E-state index contributed by atoms with van der Waals surface area (Å²) in [6.45, 7) is 2.03. The van der Waals surface area contributed by atoms with E-state index in [0.717, 1.165) is 32.1 Å². The Bertz CT molecular complexity index is 705. The summed E-state index contributed by atoms with van der Waals surface area (Å²) in [4.78, 5) is 35.0. The molecule has 1 saturated carbocycles. The number of hydrogen-bond donors (Lipinski definition) is 4. The molecule has 1 aliphatic rings. The van der Waals surface area contributed by atoms with Crippen LogP contribution in [0.5, 0.6) is 0 Å². The largest absolute Gasteiger partial charge is 0.338 e. The van der Waals surface area contributed by atoms with Crippen molar-refractivity contribution in [3.8, 4) is 0 Å². The van der Waals surface area contributed by atoms with E-state index in [1.54, 1.807) is 18.2 Å². The van der Waals surface area contributed by atoms with Gasteiger partial charge in [-0.1, -0.05) is 37.3 Å². The van der Waals surface area contributed by atoms with Gasteiger partial charge in [0, 0.05) is 31.6 Å². The number of anilines is 2. The predicted octanol–water partition coefficient (Wildman–Crippen LogP) is 4.43. The highest BCUT2D eigenvalue weighted by molar-refractivity contribution is 6.34. The van der Waals surface area contributed by atoms with Crippen LogP contribution >= 0.6 is 11.6 Å². The van der Waals surface area contributed by atoms with E-state index in [1.807, 2.05) is 0 Å². The van der Waals surface area contributed by atoms with Gasteiger partial charge in [-0.25, -0.2) is 4.79 Å². The highest BCUT2D eigenvalue weighted by Gasteiger charge is 2.15. The molecule has 0 unspecified atom stereocenters. The lowest BCUT2D eigenvalue weighted by molar-refractivity contribution is -0.116. The summed E-state index contributed by atoms with van der Waals surface area (Å²) < 4.78 is 0. The zero-order chi connectivity index (χ0) is 21.1. The van der Waals surface area contributed by atoms with Gasteiger partial charge < -0.3 is 21.3 Å². The number of hydrogen-bond acceptors (Lipinski definition) is 3. The maximum absolute atomic E-state index is 12.1. The molecule has 0 aliphatic heterocycles. The molecule has 7 nitrogen and oxygen atoms in total. The summed E-state index contributed by atoms with van der Waals surface area (Å²) >= 11 is 6.15. The van der Waals surface area contributed by atoms with E-state index in [4.69, 9.17) is 11.6 Å². The van der Waals surface area contributed by atoms with E-state index < -0.39 is 0 Å². The second-order valence-electron chi connectivity index (χ2n) is 7.47. The van der Waals surface area contributed by atoms with Crippen LogP contribution in [-0.2, 0) is 9.59 Å². The highest BCUT2D eigenvalue weighted by atomic mass is 35.5. The molecule has 1 aromatic rings. The van der Waals surface area contributed by atoms with Gasteiger partial charge in [-0.05, 0) is 43.9 Å². The van der Waals surface area contributed by atoms with Crippen LogP contribution < -0.4 is 21.3 Å². The Morgan fingerprint density at radius 1 is 1.03 bits per heavy atom. The van der Waals surface area contributed by atoms with Crippen molar-refractivity contribution < 1.29 is 14.4 Å². The quantitative estimate of drug-likeness (QED) is 0.443. The molecule has 0 atom stereocenters. The van der Waals surface area contributed by atoms with E-state index in [-0.39, 0.29) is 17.8 Å². The molecular weight excluding hydrogens is 392 g/mol. The van der Waals surface area contributed by atoms with Crippen molar-refractivity contribution in [3.63, 3.8) is 0 Å². The van der Waals surface area contributed by atoms with E-state index in [9.17, 15) is 14.4 Å². The summed E-state index contributed by atoms with van der Waals surface area (Å²) in [6, 6.07) is 5.18. The highest BCUT2D eigenvalue weighted by Crippen LogP contribution is 2.25. The number of unbranched alkanes of at least 4 members (excludes halogenated alkanes) is 2. The summed E-state index contributed by atoms with van der Waals surface area (Å²) in [5.74, 6) is -0.291. The molecule has 8 heteroatoms. The first-order valence-electron chi connectivity index (χ1n) is 10.4. The minimum Gasteiger partial charge on any atom is -0.338 e. The Morgan fingerprint density at radius 2 is 1.79 bits per heavy atom. The van der Waals surface area contributed by atoms with Crippen LogP contribution in [0, 0.1) is 0 Å². The van der Waals surface area contributed by atoms with Gasteiger partial charge in [0.15, 0.2) is 0 Å². The van der Waals surface area contributed by atoms with Crippen molar-refractivity contribution in [3.05, 3.63) is 23.2 Å². The molecule has 0 heterocycles. The molecule has 0 aromatic heterocycles. The van der Waals surface area contributed by atoms with Crippen LogP contribution in [0.3, 0.4) is 0 Å². The van der Waals surface area contributed by atoms with Crippen molar-refractivity contribution in [2.24, 2.45) is 0 Å². The Morgan fingerprint density at radius 3 is 2.48 bits per heavy atom. The fourth-order valence-electron chi connectivity index (χ4n) is 3.38. The number of nitrogens with one attached hydrogen (secondary N) is 4. The average Bonchev–Trinajstić information content (AvgIpc) is 2.67. The minimum absolute atomic E-state index is 0.0907. The van der Waals surface area contributed by atoms with E-state index in [0.29, 0.717) is 35.4 Å². The van der Waals surface area contributed by atoms with Gasteiger partial charge in [-0.3, -0.25) is 9.59 Å². The van der Waals surface area contributed by atoms with E-state index >= 15 is 0 Å². The Balaban J connectivity index is 1.56. The minimum atomic E-state index is -0.182. The van der Waals surface area contributed by atoms with Crippen LogP contribution in [0.25, 0.3) is 0 Å². The number of benzene rings is 1. The lowest BCUT2D eigenvalue weighted by Gasteiger charge is -2.22. The van der Waals surface area contributed by atoms with Gasteiger partial charge in [0.2, 0.25) is 11.8 Å². The fourth-order valence-corrected chi connectivity index (χ4v) is 3.61. The number of rotatable bonds is 9. The molecule has 29 heavy (non-hydrogen) atoms. The summed E-state index contributed by atoms with van der Waals surface area (Å²) in [5, 5.41) is 11.7. The number of halogens is 1. The Hall–Kier alpha value is -2.28. The monoisotopic (exact) mass is 422 g/mol. The second-order valence-corrected chi connectivity index (χ2v) is 7.88. The topological polar surface area (TPSA) is 99.3 Å². The third-order valence-electron chi connectivity index (χ3n) is 4.87. The molecule has 1 aromatic carbocycles. The van der Waals surface area contributed by atoms with Crippen LogP contribution in [0.1, 0.15) is 64.7 Å². The predicted molar refractivity (Wildman–Crippen MR) is 116 cm³/mol. The zero-order valence-corrected chi connectivity index (χ0v) is 17.7. The molecule has 0 spiro atoms. The molecule has 0 saturated heterocycles. The standard InChI is InChI=1S/C21H31ClN4O3/c1-15(27)24-17-11-12-19(18(22)14-17)26-20(28)10-6-3-7-13-23-21(29)25-16-8-4-2-5-9-16/h11-12,14,16H,2-10,13H2,1H3,(H,24,27)(H,26,28)(H2,23,25,29). The zero-order valence-electron chi connectivity index (χ0n) is 17.0. The Kier molecular flexibility index (Phi) is 9.77. The molecule has 2 rings (SSSR count). The summed E-state index contributed by atoms with van der Waals surface area (Å²) in [6.07, 6.45) is 8.60. The normalized spacial score (nSPS) is 14.1. The van der Waals surface area contributed by atoms with Crippen molar-refractivity contribution in [2.75, 3.05) is 17.2 Å². The van der Waals surface area contributed by atoms with E-state index in [2.05, 4.69) is 21.3 Å². The molecule has 0 radical (unpaired) electrons. The molecule has 160 valence electrons. The number of carbonyl (C=O) groups is 3. The first-order valence-corrected chi connectivity index (χ1v) is 10.7. The molecular formula is C21H31ClN4O3. The molecule has 4 amide bonds. The van der Waals surface area contributed by atoms with Gasteiger partial charge >= 0.3 is 6.03 Å². The molecule has 4 N–H and O–H groups in total. The van der Waals surface area contributed by atoms with Crippen molar-refractivity contribution in [1.29, 1.82) is 0 Å². The van der Waals surface area contributed by atoms with Gasteiger partial charge in [-0.2, -0.15) is 0 Å². The lowest BCUT2D eigenvalue weighted by atomic mass is 9.96. The second kappa shape index (κ2) is 12.3.